The number of rotatable bonds is 11. The summed E-state index contributed by atoms with van der Waals surface area (Å²) in [6.07, 6.45) is 2.04. The fourth-order valence-electron chi connectivity index (χ4n) is 1.97. The van der Waals surface area contributed by atoms with E-state index in [1.807, 2.05) is 6.92 Å². The van der Waals surface area contributed by atoms with E-state index in [1.54, 1.807) is 4.90 Å². The number of carbonyl (C=O) groups excluding carboxylic acids is 3. The highest BCUT2D eigenvalue weighted by Gasteiger charge is 2.26. The Hall–Kier alpha value is -1.63. The van der Waals surface area contributed by atoms with Gasteiger partial charge in [0.25, 0.3) is 0 Å². The van der Waals surface area contributed by atoms with Gasteiger partial charge in [-0.1, -0.05) is 13.8 Å². The second-order valence-electron chi connectivity index (χ2n) is 5.64. The van der Waals surface area contributed by atoms with Crippen LogP contribution < -0.4 is 16.8 Å². The van der Waals surface area contributed by atoms with E-state index in [2.05, 4.69) is 19.2 Å². The first-order valence-electron chi connectivity index (χ1n) is 7.32. The number of primary amides is 1. The van der Waals surface area contributed by atoms with Crippen molar-refractivity contribution in [1.82, 2.24) is 10.2 Å². The lowest BCUT2D eigenvalue weighted by molar-refractivity contribution is -0.137. The Morgan fingerprint density at radius 3 is 2.29 bits per heavy atom. The van der Waals surface area contributed by atoms with E-state index in [9.17, 15) is 14.4 Å². The van der Waals surface area contributed by atoms with Gasteiger partial charge in [-0.05, 0) is 25.7 Å². The van der Waals surface area contributed by atoms with E-state index < -0.39 is 6.04 Å². The molecule has 7 heteroatoms. The van der Waals surface area contributed by atoms with Crippen LogP contribution in [0.15, 0.2) is 0 Å². The molecule has 0 heterocycles. The van der Waals surface area contributed by atoms with E-state index in [0.717, 1.165) is 6.42 Å². The predicted octanol–water partition coefficient (Wildman–Crippen LogP) is -0.412. The molecule has 7 nitrogen and oxygen atoms in total. The topological polar surface area (TPSA) is 119 Å². The van der Waals surface area contributed by atoms with Crippen LogP contribution in [0.2, 0.25) is 0 Å². The van der Waals surface area contributed by atoms with Gasteiger partial charge in [-0.3, -0.25) is 14.4 Å². The van der Waals surface area contributed by atoms with Crippen LogP contribution in [-0.4, -0.2) is 48.3 Å². The standard InChI is InChI=1S/C14H28N4O3/c1-10(2)6-7-18(11(3)4-5-13(16)20)14(21)12(8-15)17-9-19/h9-12H,4-8,15H2,1-3H3,(H2,16,20)(H,17,19). The van der Waals surface area contributed by atoms with Crippen molar-refractivity contribution >= 4 is 18.2 Å². The van der Waals surface area contributed by atoms with Crippen LogP contribution in [0.3, 0.4) is 0 Å². The molecule has 3 amide bonds. The van der Waals surface area contributed by atoms with Crippen molar-refractivity contribution in [3.8, 4) is 0 Å². The molecular weight excluding hydrogens is 272 g/mol. The van der Waals surface area contributed by atoms with Gasteiger partial charge in [-0.25, -0.2) is 0 Å². The average Bonchev–Trinajstić information content (AvgIpc) is 2.41. The molecule has 0 fully saturated rings. The molecule has 0 bridgehead atoms. The number of hydrogen-bond acceptors (Lipinski definition) is 4. The fraction of sp³-hybridized carbons (Fsp3) is 0.786. The second kappa shape index (κ2) is 10.1. The molecule has 0 aromatic carbocycles. The molecule has 0 aliphatic rings. The molecule has 0 aliphatic heterocycles. The maximum atomic E-state index is 12.5. The highest BCUT2D eigenvalue weighted by atomic mass is 16.2. The summed E-state index contributed by atoms with van der Waals surface area (Å²) in [4.78, 5) is 35.6. The molecule has 5 N–H and O–H groups in total. The average molecular weight is 300 g/mol. The second-order valence-corrected chi connectivity index (χ2v) is 5.64. The largest absolute Gasteiger partial charge is 0.370 e. The normalized spacial score (nSPS) is 13.6. The first kappa shape index (κ1) is 19.4. The van der Waals surface area contributed by atoms with Gasteiger partial charge in [0.2, 0.25) is 18.2 Å². The molecule has 0 aromatic rings. The van der Waals surface area contributed by atoms with Crippen molar-refractivity contribution in [2.75, 3.05) is 13.1 Å². The summed E-state index contributed by atoms with van der Waals surface area (Å²) in [5.41, 5.74) is 10.7. The van der Waals surface area contributed by atoms with Crippen molar-refractivity contribution in [3.05, 3.63) is 0 Å². The van der Waals surface area contributed by atoms with Crippen LogP contribution in [0.4, 0.5) is 0 Å². The summed E-state index contributed by atoms with van der Waals surface area (Å²) in [6.45, 7) is 6.61. The number of nitrogens with two attached hydrogens (primary N) is 2. The summed E-state index contributed by atoms with van der Waals surface area (Å²) in [5.74, 6) is -0.166. The summed E-state index contributed by atoms with van der Waals surface area (Å²) < 4.78 is 0. The summed E-state index contributed by atoms with van der Waals surface area (Å²) in [5, 5.41) is 2.43. The molecule has 0 spiro atoms. The maximum absolute atomic E-state index is 12.5. The molecule has 2 unspecified atom stereocenters. The van der Waals surface area contributed by atoms with Crippen molar-refractivity contribution in [2.24, 2.45) is 17.4 Å². The van der Waals surface area contributed by atoms with Gasteiger partial charge in [-0.2, -0.15) is 0 Å². The zero-order valence-electron chi connectivity index (χ0n) is 13.2. The Morgan fingerprint density at radius 1 is 1.24 bits per heavy atom. The molecule has 0 saturated heterocycles. The van der Waals surface area contributed by atoms with Gasteiger partial charge < -0.3 is 21.7 Å². The summed E-state index contributed by atoms with van der Waals surface area (Å²) in [6, 6.07) is -0.864. The van der Waals surface area contributed by atoms with Crippen LogP contribution in [0, 0.1) is 5.92 Å². The molecule has 21 heavy (non-hydrogen) atoms. The number of amides is 3. The number of carbonyl (C=O) groups is 3. The molecule has 0 radical (unpaired) electrons. The van der Waals surface area contributed by atoms with E-state index in [4.69, 9.17) is 11.5 Å². The Bertz CT molecular complexity index is 347. The van der Waals surface area contributed by atoms with Crippen molar-refractivity contribution in [1.29, 1.82) is 0 Å². The van der Waals surface area contributed by atoms with Gasteiger partial charge in [-0.15, -0.1) is 0 Å². The third-order valence-electron chi connectivity index (χ3n) is 3.37. The quantitative estimate of drug-likeness (QED) is 0.449. The van der Waals surface area contributed by atoms with Crippen LogP contribution >= 0.6 is 0 Å². The molecular formula is C14H28N4O3. The summed E-state index contributed by atoms with van der Waals surface area (Å²) >= 11 is 0. The Morgan fingerprint density at radius 2 is 1.86 bits per heavy atom. The summed E-state index contributed by atoms with van der Waals surface area (Å²) in [7, 11) is 0. The highest BCUT2D eigenvalue weighted by Crippen LogP contribution is 2.12. The molecule has 0 aliphatic carbocycles. The van der Waals surface area contributed by atoms with Gasteiger partial charge >= 0.3 is 0 Å². The van der Waals surface area contributed by atoms with Gasteiger partial charge in [0.15, 0.2) is 0 Å². The van der Waals surface area contributed by atoms with E-state index >= 15 is 0 Å². The van der Waals surface area contributed by atoms with E-state index in [0.29, 0.717) is 25.3 Å². The fourth-order valence-corrected chi connectivity index (χ4v) is 1.97. The third-order valence-corrected chi connectivity index (χ3v) is 3.37. The van der Waals surface area contributed by atoms with E-state index in [1.165, 1.54) is 0 Å². The zero-order chi connectivity index (χ0) is 16.4. The van der Waals surface area contributed by atoms with E-state index in [-0.39, 0.29) is 30.8 Å². The lowest BCUT2D eigenvalue weighted by atomic mass is 10.1. The smallest absolute Gasteiger partial charge is 0.246 e. The van der Waals surface area contributed by atoms with Crippen molar-refractivity contribution in [2.45, 2.75) is 52.1 Å². The lowest BCUT2D eigenvalue weighted by Crippen LogP contribution is -2.53. The SMILES string of the molecule is CC(C)CCN(C(=O)C(CN)NC=O)C(C)CCC(N)=O. The molecule has 122 valence electrons. The first-order valence-corrected chi connectivity index (χ1v) is 7.32. The Kier molecular flexibility index (Phi) is 9.36. The first-order chi connectivity index (χ1) is 9.83. The highest BCUT2D eigenvalue weighted by molar-refractivity contribution is 5.84. The zero-order valence-corrected chi connectivity index (χ0v) is 13.2. The third kappa shape index (κ3) is 7.65. The minimum absolute atomic E-state index is 0.0400. The number of hydrogen-bond donors (Lipinski definition) is 3. The lowest BCUT2D eigenvalue weighted by Gasteiger charge is -2.32. The molecule has 0 saturated carbocycles. The minimum Gasteiger partial charge on any atom is -0.370 e. The van der Waals surface area contributed by atoms with Gasteiger partial charge in [0.05, 0.1) is 0 Å². The van der Waals surface area contributed by atoms with Crippen LogP contribution in [0.1, 0.15) is 40.0 Å². The molecule has 2 atom stereocenters. The minimum atomic E-state index is -0.731. The van der Waals surface area contributed by atoms with Crippen molar-refractivity contribution < 1.29 is 14.4 Å². The van der Waals surface area contributed by atoms with Gasteiger partial charge in [0, 0.05) is 25.6 Å². The Labute approximate surface area is 126 Å². The Balaban J connectivity index is 4.87. The predicted molar refractivity (Wildman–Crippen MR) is 81.1 cm³/mol. The molecule has 0 aromatic heterocycles. The van der Waals surface area contributed by atoms with Crippen molar-refractivity contribution in [3.63, 3.8) is 0 Å². The number of nitrogens with zero attached hydrogens (tertiary/aromatic N) is 1. The van der Waals surface area contributed by atoms with Gasteiger partial charge in [0.1, 0.15) is 6.04 Å². The monoisotopic (exact) mass is 300 g/mol. The molecule has 0 rings (SSSR count). The maximum Gasteiger partial charge on any atom is 0.246 e. The van der Waals surface area contributed by atoms with Crippen LogP contribution in [0.25, 0.3) is 0 Å². The number of nitrogens with one attached hydrogen (secondary N) is 1. The van der Waals surface area contributed by atoms with Crippen LogP contribution in [-0.2, 0) is 14.4 Å². The van der Waals surface area contributed by atoms with Crippen LogP contribution in [0.5, 0.6) is 0 Å².